The summed E-state index contributed by atoms with van der Waals surface area (Å²) in [4.78, 5) is 23.6. The second-order valence-corrected chi connectivity index (χ2v) is 7.91. The van der Waals surface area contributed by atoms with Crippen LogP contribution < -0.4 is 4.74 Å². The predicted molar refractivity (Wildman–Crippen MR) is 122 cm³/mol. The van der Waals surface area contributed by atoms with Gasteiger partial charge in [-0.05, 0) is 43.5 Å². The Bertz CT molecular complexity index is 703. The third kappa shape index (κ3) is 13.3. The number of benzene rings is 1. The normalized spacial score (nSPS) is 10.2. The topological polar surface area (TPSA) is 52.6 Å². The predicted octanol–water partition coefficient (Wildman–Crippen LogP) is 6.80. The van der Waals surface area contributed by atoms with Crippen LogP contribution >= 0.6 is 11.6 Å². The van der Waals surface area contributed by atoms with Gasteiger partial charge in [0.05, 0.1) is 0 Å². The van der Waals surface area contributed by atoms with Crippen LogP contribution in [0, 0.1) is 18.8 Å². The number of hydrogen-bond donors (Lipinski definition) is 0. The van der Waals surface area contributed by atoms with Gasteiger partial charge in [-0.2, -0.15) is 0 Å². The average Bonchev–Trinajstić information content (AvgIpc) is 2.71. The van der Waals surface area contributed by atoms with Crippen LogP contribution in [0.4, 0.5) is 0 Å². The summed E-state index contributed by atoms with van der Waals surface area (Å²) in [6, 6.07) is 5.07. The molecule has 0 aromatic heterocycles. The Kier molecular flexibility index (Phi) is 14.6. The zero-order valence-corrected chi connectivity index (χ0v) is 19.2. The third-order valence-corrected chi connectivity index (χ3v) is 4.94. The Morgan fingerprint density at radius 3 is 2.27 bits per heavy atom. The van der Waals surface area contributed by atoms with E-state index in [4.69, 9.17) is 21.1 Å². The van der Waals surface area contributed by atoms with E-state index in [0.29, 0.717) is 17.2 Å². The molecule has 0 aliphatic heterocycles. The van der Waals surface area contributed by atoms with Crippen molar-refractivity contribution in [1.82, 2.24) is 0 Å². The fourth-order valence-corrected chi connectivity index (χ4v) is 3.18. The van der Waals surface area contributed by atoms with Crippen molar-refractivity contribution in [3.05, 3.63) is 28.8 Å². The van der Waals surface area contributed by atoms with Crippen LogP contribution in [0.2, 0.25) is 5.02 Å². The molecule has 0 unspecified atom stereocenters. The first-order valence-electron chi connectivity index (χ1n) is 11.1. The van der Waals surface area contributed by atoms with E-state index in [1.807, 2.05) is 6.92 Å². The van der Waals surface area contributed by atoms with Gasteiger partial charge in [-0.25, -0.2) is 0 Å². The summed E-state index contributed by atoms with van der Waals surface area (Å²) in [6.45, 7) is 4.17. The summed E-state index contributed by atoms with van der Waals surface area (Å²) >= 11 is 5.88. The number of halogens is 1. The lowest BCUT2D eigenvalue weighted by molar-refractivity contribution is -0.142. The Morgan fingerprint density at radius 1 is 0.900 bits per heavy atom. The summed E-state index contributed by atoms with van der Waals surface area (Å²) in [5, 5.41) is 0.593. The van der Waals surface area contributed by atoms with Crippen LogP contribution in [0.3, 0.4) is 0 Å². The van der Waals surface area contributed by atoms with Gasteiger partial charge in [0.25, 0.3) is 0 Å². The number of rotatable bonds is 14. The highest BCUT2D eigenvalue weighted by molar-refractivity contribution is 6.30. The molecule has 0 saturated carbocycles. The van der Waals surface area contributed by atoms with Crippen LogP contribution in [0.5, 0.6) is 5.75 Å². The van der Waals surface area contributed by atoms with Crippen LogP contribution in [0.15, 0.2) is 18.2 Å². The maximum atomic E-state index is 11.9. The van der Waals surface area contributed by atoms with Gasteiger partial charge in [0, 0.05) is 24.3 Å². The number of carbonyl (C=O) groups excluding carboxylic acids is 2. The number of hydrogen-bond acceptors (Lipinski definition) is 4. The van der Waals surface area contributed by atoms with Gasteiger partial charge in [-0.15, -0.1) is 0 Å². The molecule has 0 heterocycles. The minimum atomic E-state index is -0.377. The molecule has 0 aliphatic carbocycles. The van der Waals surface area contributed by atoms with Crippen molar-refractivity contribution in [2.75, 3.05) is 6.61 Å². The van der Waals surface area contributed by atoms with Crippen molar-refractivity contribution >= 4 is 23.5 Å². The van der Waals surface area contributed by atoms with Crippen molar-refractivity contribution in [2.45, 2.75) is 90.9 Å². The van der Waals surface area contributed by atoms with Crippen molar-refractivity contribution in [2.24, 2.45) is 0 Å². The van der Waals surface area contributed by atoms with Gasteiger partial charge in [0.1, 0.15) is 5.75 Å². The van der Waals surface area contributed by atoms with Crippen LogP contribution in [0.1, 0.15) is 89.5 Å². The molecular formula is C25H35ClO4. The third-order valence-electron chi connectivity index (χ3n) is 4.71. The Morgan fingerprint density at radius 2 is 1.57 bits per heavy atom. The number of esters is 2. The van der Waals surface area contributed by atoms with E-state index < -0.39 is 0 Å². The van der Waals surface area contributed by atoms with Gasteiger partial charge in [-0.3, -0.25) is 9.59 Å². The summed E-state index contributed by atoms with van der Waals surface area (Å²) in [7, 11) is 0. The smallest absolute Gasteiger partial charge is 0.311 e. The zero-order valence-electron chi connectivity index (χ0n) is 18.4. The number of ether oxygens (including phenoxy) is 2. The highest BCUT2D eigenvalue weighted by Gasteiger charge is 2.09. The van der Waals surface area contributed by atoms with Crippen molar-refractivity contribution in [3.63, 3.8) is 0 Å². The minimum absolute atomic E-state index is 0.115. The molecule has 4 nitrogen and oxygen atoms in total. The first-order valence-corrected chi connectivity index (χ1v) is 11.5. The molecule has 0 aliphatic rings. The van der Waals surface area contributed by atoms with E-state index in [1.165, 1.54) is 44.9 Å². The van der Waals surface area contributed by atoms with E-state index >= 15 is 0 Å². The van der Waals surface area contributed by atoms with Gasteiger partial charge >= 0.3 is 11.9 Å². The van der Waals surface area contributed by atoms with Crippen LogP contribution in [0.25, 0.3) is 0 Å². The molecule has 0 fully saturated rings. The van der Waals surface area contributed by atoms with Crippen molar-refractivity contribution < 1.29 is 19.1 Å². The first-order chi connectivity index (χ1) is 14.5. The fraction of sp³-hybridized carbons (Fsp3) is 0.600. The van der Waals surface area contributed by atoms with E-state index in [2.05, 4.69) is 18.8 Å². The van der Waals surface area contributed by atoms with E-state index in [0.717, 1.165) is 18.4 Å². The molecule has 0 N–H and O–H groups in total. The molecule has 0 atom stereocenters. The second-order valence-electron chi connectivity index (χ2n) is 7.48. The first kappa shape index (κ1) is 26.0. The lowest BCUT2D eigenvalue weighted by Gasteiger charge is -2.07. The molecule has 30 heavy (non-hydrogen) atoms. The molecule has 1 aromatic carbocycles. The van der Waals surface area contributed by atoms with Crippen LogP contribution in [-0.4, -0.2) is 18.5 Å². The van der Waals surface area contributed by atoms with Crippen molar-refractivity contribution in [1.29, 1.82) is 0 Å². The molecule has 0 spiro atoms. The summed E-state index contributed by atoms with van der Waals surface area (Å²) in [5.41, 5.74) is 0.792. The minimum Gasteiger partial charge on any atom is -0.452 e. The van der Waals surface area contributed by atoms with Crippen molar-refractivity contribution in [3.8, 4) is 17.6 Å². The van der Waals surface area contributed by atoms with E-state index in [1.54, 1.807) is 18.2 Å². The maximum absolute atomic E-state index is 11.9. The molecule has 0 bridgehead atoms. The molecule has 0 radical (unpaired) electrons. The molecule has 1 aromatic rings. The average molecular weight is 435 g/mol. The van der Waals surface area contributed by atoms with Gasteiger partial charge < -0.3 is 9.47 Å². The Hall–Kier alpha value is -1.99. The molecule has 0 saturated heterocycles. The van der Waals surface area contributed by atoms with E-state index in [-0.39, 0.29) is 31.4 Å². The fourth-order valence-electron chi connectivity index (χ4n) is 2.95. The van der Waals surface area contributed by atoms with Gasteiger partial charge in [0.2, 0.25) is 0 Å². The van der Waals surface area contributed by atoms with Gasteiger partial charge in [-0.1, -0.05) is 75.3 Å². The highest BCUT2D eigenvalue weighted by atomic mass is 35.5. The number of carbonyl (C=O) groups is 2. The largest absolute Gasteiger partial charge is 0.452 e. The molecule has 1 rings (SSSR count). The molecule has 166 valence electrons. The summed E-state index contributed by atoms with van der Waals surface area (Å²) < 4.78 is 10.4. The quantitative estimate of drug-likeness (QED) is 0.140. The Labute approximate surface area is 186 Å². The second kappa shape index (κ2) is 16.8. The van der Waals surface area contributed by atoms with E-state index in [9.17, 15) is 9.59 Å². The molecule has 5 heteroatoms. The zero-order chi connectivity index (χ0) is 22.0. The standard InChI is InChI=1S/C25H35ClO4/c1-3-4-5-6-7-8-9-10-11-12-13-19-29-24(27)15-14-16-25(28)30-23-18-17-22(26)20-21(23)2/h17-18,20H,3-11,14-16,19H2,1-2H3. The molecule has 0 amide bonds. The summed E-state index contributed by atoms with van der Waals surface area (Å²) in [6.07, 6.45) is 11.8. The number of unbranched alkanes of at least 4 members (excludes halogenated alkanes) is 8. The monoisotopic (exact) mass is 434 g/mol. The lowest BCUT2D eigenvalue weighted by Crippen LogP contribution is -2.10. The lowest BCUT2D eigenvalue weighted by atomic mass is 10.1. The van der Waals surface area contributed by atoms with Crippen LogP contribution in [-0.2, 0) is 14.3 Å². The van der Waals surface area contributed by atoms with Gasteiger partial charge in [0.15, 0.2) is 6.61 Å². The number of aryl methyl sites for hydroxylation is 1. The highest BCUT2D eigenvalue weighted by Crippen LogP contribution is 2.22. The Balaban J connectivity index is 2.02. The maximum Gasteiger partial charge on any atom is 0.311 e. The SMILES string of the molecule is CCCCCCCCCCC#CCOC(=O)CCCC(=O)Oc1ccc(Cl)cc1C. The molecular weight excluding hydrogens is 400 g/mol. The summed E-state index contributed by atoms with van der Waals surface area (Å²) in [5.74, 6) is 5.70.